The number of nitrogen functional groups attached to an aromatic ring is 1. The van der Waals surface area contributed by atoms with Crippen LogP contribution in [0.2, 0.25) is 0 Å². The lowest BCUT2D eigenvalue weighted by Crippen LogP contribution is -2.40. The molecule has 8 heteroatoms. The van der Waals surface area contributed by atoms with Gasteiger partial charge in [0.1, 0.15) is 29.5 Å². The summed E-state index contributed by atoms with van der Waals surface area (Å²) in [6.07, 6.45) is 7.59. The van der Waals surface area contributed by atoms with E-state index in [0.717, 1.165) is 44.3 Å². The zero-order chi connectivity index (χ0) is 25.3. The molecule has 36 heavy (non-hydrogen) atoms. The van der Waals surface area contributed by atoms with Gasteiger partial charge in [0.2, 0.25) is 5.91 Å². The number of carbonyl (C=O) groups is 1. The molecule has 188 valence electrons. The van der Waals surface area contributed by atoms with E-state index in [9.17, 15) is 4.79 Å². The first-order valence-electron chi connectivity index (χ1n) is 12.6. The van der Waals surface area contributed by atoms with Crippen molar-refractivity contribution in [3.05, 3.63) is 72.1 Å². The van der Waals surface area contributed by atoms with E-state index in [1.165, 1.54) is 6.33 Å². The van der Waals surface area contributed by atoms with Crippen molar-refractivity contribution in [3.63, 3.8) is 0 Å². The van der Waals surface area contributed by atoms with Crippen molar-refractivity contribution in [1.29, 1.82) is 5.41 Å². The normalized spacial score (nSPS) is 17.2. The van der Waals surface area contributed by atoms with E-state index in [1.54, 1.807) is 0 Å². The maximum Gasteiger partial charge on any atom is 0.220 e. The standard InChI is InChI=1S/C28H34N6O2/c1-2-3-9-24(35)33-20-12-14-21(15-13-20)34-28-25(27(30)31-18-32-28)26(29)19-10-16-23(17-11-19)36-22-7-5-4-6-8-22/h4-8,10-11,16-18,20-21,29H,2-3,9,12-15H2,1H3,(H,33,35)(H3,30,31,32,34). The predicted octanol–water partition coefficient (Wildman–Crippen LogP) is 5.30. The first-order chi connectivity index (χ1) is 17.5. The van der Waals surface area contributed by atoms with Crippen LogP contribution < -0.4 is 21.1 Å². The molecule has 0 aliphatic heterocycles. The molecule has 0 atom stereocenters. The molecule has 0 unspecified atom stereocenters. The molecular weight excluding hydrogens is 452 g/mol. The van der Waals surface area contributed by atoms with Gasteiger partial charge in [0, 0.05) is 24.1 Å². The van der Waals surface area contributed by atoms with Crippen molar-refractivity contribution in [2.75, 3.05) is 11.1 Å². The van der Waals surface area contributed by atoms with E-state index >= 15 is 0 Å². The summed E-state index contributed by atoms with van der Waals surface area (Å²) in [5.41, 5.74) is 7.64. The Labute approximate surface area is 212 Å². The van der Waals surface area contributed by atoms with Crippen LogP contribution in [0.15, 0.2) is 60.9 Å². The molecule has 0 saturated heterocycles. The molecule has 0 radical (unpaired) electrons. The van der Waals surface area contributed by atoms with E-state index < -0.39 is 0 Å². The zero-order valence-corrected chi connectivity index (χ0v) is 20.7. The van der Waals surface area contributed by atoms with Gasteiger partial charge < -0.3 is 21.1 Å². The Morgan fingerprint density at radius 1 is 1.00 bits per heavy atom. The topological polar surface area (TPSA) is 126 Å². The molecule has 1 heterocycles. The van der Waals surface area contributed by atoms with Gasteiger partial charge in [0.15, 0.2) is 0 Å². The number of amides is 1. The summed E-state index contributed by atoms with van der Waals surface area (Å²) >= 11 is 0. The number of carbonyl (C=O) groups excluding carboxylic acids is 1. The maximum atomic E-state index is 12.1. The van der Waals surface area contributed by atoms with Crippen molar-refractivity contribution in [3.8, 4) is 11.5 Å². The molecule has 2 aromatic carbocycles. The summed E-state index contributed by atoms with van der Waals surface area (Å²) in [6, 6.07) is 17.3. The van der Waals surface area contributed by atoms with Crippen LogP contribution >= 0.6 is 0 Å². The van der Waals surface area contributed by atoms with E-state index in [0.29, 0.717) is 29.1 Å². The Bertz CT molecular complexity index is 1160. The van der Waals surface area contributed by atoms with E-state index in [1.807, 2.05) is 54.6 Å². The number of ether oxygens (including phenoxy) is 1. The molecule has 4 rings (SSSR count). The average Bonchev–Trinajstić information content (AvgIpc) is 2.89. The molecule has 3 aromatic rings. The highest BCUT2D eigenvalue weighted by molar-refractivity contribution is 6.16. The minimum atomic E-state index is 0.146. The Morgan fingerprint density at radius 3 is 2.36 bits per heavy atom. The number of nitrogens with zero attached hydrogens (tertiary/aromatic N) is 2. The average molecular weight is 487 g/mol. The quantitative estimate of drug-likeness (QED) is 0.288. The molecule has 5 N–H and O–H groups in total. The van der Waals surface area contributed by atoms with Crippen molar-refractivity contribution in [2.24, 2.45) is 0 Å². The lowest BCUT2D eigenvalue weighted by Gasteiger charge is -2.30. The summed E-state index contributed by atoms with van der Waals surface area (Å²) in [4.78, 5) is 20.6. The Hall–Kier alpha value is -3.94. The minimum absolute atomic E-state index is 0.146. The van der Waals surface area contributed by atoms with Crippen LogP contribution in [0.4, 0.5) is 11.6 Å². The lowest BCUT2D eigenvalue weighted by molar-refractivity contribution is -0.122. The van der Waals surface area contributed by atoms with Gasteiger partial charge in [-0.05, 0) is 68.5 Å². The molecule has 0 bridgehead atoms. The summed E-state index contributed by atoms with van der Waals surface area (Å²) in [5.74, 6) is 2.41. The highest BCUT2D eigenvalue weighted by atomic mass is 16.5. The summed E-state index contributed by atoms with van der Waals surface area (Å²) in [7, 11) is 0. The SMILES string of the molecule is CCCCC(=O)NC1CCC(Nc2ncnc(N)c2C(=N)c2ccc(Oc3ccccc3)cc2)CC1. The van der Waals surface area contributed by atoms with Gasteiger partial charge in [-0.2, -0.15) is 0 Å². The summed E-state index contributed by atoms with van der Waals surface area (Å²) in [6.45, 7) is 2.09. The van der Waals surface area contributed by atoms with Gasteiger partial charge in [-0.15, -0.1) is 0 Å². The van der Waals surface area contributed by atoms with Gasteiger partial charge in [0.05, 0.1) is 11.3 Å². The predicted molar refractivity (Wildman–Crippen MR) is 143 cm³/mol. The van der Waals surface area contributed by atoms with Crippen LogP contribution in [-0.2, 0) is 4.79 Å². The second-order valence-corrected chi connectivity index (χ2v) is 9.16. The fourth-order valence-electron chi connectivity index (χ4n) is 4.43. The lowest BCUT2D eigenvalue weighted by atomic mass is 9.90. The van der Waals surface area contributed by atoms with Crippen LogP contribution in [0, 0.1) is 5.41 Å². The van der Waals surface area contributed by atoms with Crippen molar-refractivity contribution < 1.29 is 9.53 Å². The largest absolute Gasteiger partial charge is 0.457 e. The van der Waals surface area contributed by atoms with Crippen LogP contribution in [-0.4, -0.2) is 33.7 Å². The van der Waals surface area contributed by atoms with E-state index in [-0.39, 0.29) is 29.5 Å². The number of anilines is 2. The zero-order valence-electron chi connectivity index (χ0n) is 20.7. The first-order valence-corrected chi connectivity index (χ1v) is 12.6. The third kappa shape index (κ3) is 6.59. The summed E-state index contributed by atoms with van der Waals surface area (Å²) < 4.78 is 5.86. The highest BCUT2D eigenvalue weighted by Gasteiger charge is 2.24. The maximum absolute atomic E-state index is 12.1. The molecule has 1 saturated carbocycles. The van der Waals surface area contributed by atoms with Crippen LogP contribution in [0.25, 0.3) is 0 Å². The van der Waals surface area contributed by atoms with Crippen molar-refractivity contribution in [1.82, 2.24) is 15.3 Å². The second kappa shape index (κ2) is 12.2. The number of hydrogen-bond acceptors (Lipinski definition) is 7. The molecule has 1 amide bonds. The van der Waals surface area contributed by atoms with Gasteiger partial charge in [-0.25, -0.2) is 9.97 Å². The smallest absolute Gasteiger partial charge is 0.220 e. The number of nitrogens with one attached hydrogen (secondary N) is 3. The molecule has 1 fully saturated rings. The Balaban J connectivity index is 1.39. The molecule has 0 spiro atoms. The van der Waals surface area contributed by atoms with Gasteiger partial charge >= 0.3 is 0 Å². The number of unbranched alkanes of at least 4 members (excludes halogenated alkanes) is 1. The van der Waals surface area contributed by atoms with Crippen LogP contribution in [0.5, 0.6) is 11.5 Å². The van der Waals surface area contributed by atoms with Gasteiger partial charge in [-0.3, -0.25) is 10.2 Å². The molecule has 1 aromatic heterocycles. The first kappa shape index (κ1) is 25.2. The number of nitrogens with two attached hydrogens (primary N) is 1. The van der Waals surface area contributed by atoms with Gasteiger partial charge in [-0.1, -0.05) is 31.5 Å². The Morgan fingerprint density at radius 2 is 1.67 bits per heavy atom. The van der Waals surface area contributed by atoms with Crippen molar-refractivity contribution >= 4 is 23.3 Å². The van der Waals surface area contributed by atoms with Crippen LogP contribution in [0.3, 0.4) is 0 Å². The Kier molecular flexibility index (Phi) is 8.49. The number of hydrogen-bond donors (Lipinski definition) is 4. The van der Waals surface area contributed by atoms with E-state index in [4.69, 9.17) is 15.9 Å². The monoisotopic (exact) mass is 486 g/mol. The number of rotatable bonds is 10. The minimum Gasteiger partial charge on any atom is -0.457 e. The molecule has 1 aliphatic rings. The number of aromatic nitrogens is 2. The molecule has 8 nitrogen and oxygen atoms in total. The van der Waals surface area contributed by atoms with E-state index in [2.05, 4.69) is 27.5 Å². The third-order valence-electron chi connectivity index (χ3n) is 6.44. The molecule has 1 aliphatic carbocycles. The van der Waals surface area contributed by atoms with Crippen LogP contribution in [0.1, 0.15) is 63.0 Å². The second-order valence-electron chi connectivity index (χ2n) is 9.16. The highest BCUT2D eigenvalue weighted by Crippen LogP contribution is 2.28. The van der Waals surface area contributed by atoms with Gasteiger partial charge in [0.25, 0.3) is 0 Å². The number of para-hydroxylation sites is 1. The number of benzene rings is 2. The van der Waals surface area contributed by atoms with Crippen molar-refractivity contribution in [2.45, 2.75) is 64.0 Å². The molecular formula is C28H34N6O2. The fourth-order valence-corrected chi connectivity index (χ4v) is 4.43. The fraction of sp³-hybridized carbons (Fsp3) is 0.357. The summed E-state index contributed by atoms with van der Waals surface area (Å²) in [5, 5.41) is 15.5. The third-order valence-corrected chi connectivity index (χ3v) is 6.44.